The third kappa shape index (κ3) is 2.36. The summed E-state index contributed by atoms with van der Waals surface area (Å²) in [6, 6.07) is 9.02. The number of nitro groups is 1. The molecule has 0 N–H and O–H groups in total. The molecule has 0 amide bonds. The van der Waals surface area contributed by atoms with E-state index in [0.717, 1.165) is 12.8 Å². The number of nitro benzene ring substituents is 1. The molecule has 0 spiro atoms. The number of benzene rings is 1. The molecule has 2 rings (SSSR count). The maximum atomic E-state index is 10.9. The summed E-state index contributed by atoms with van der Waals surface area (Å²) in [6.45, 7) is 1.42. The maximum Gasteiger partial charge on any atom is 0.292 e. The zero-order valence-corrected chi connectivity index (χ0v) is 9.37. The summed E-state index contributed by atoms with van der Waals surface area (Å²) in [4.78, 5) is 12.5. The number of piperidine rings is 1. The Kier molecular flexibility index (Phi) is 3.24. The SMILES string of the molecule is N#CC1CCN(c2ccccc2[N+](=O)[O-])CC1. The average Bonchev–Trinajstić information content (AvgIpc) is 2.39. The predicted molar refractivity (Wildman–Crippen MR) is 63.6 cm³/mol. The molecular weight excluding hydrogens is 218 g/mol. The third-order valence-corrected chi connectivity index (χ3v) is 3.10. The van der Waals surface area contributed by atoms with E-state index < -0.39 is 0 Å². The number of anilines is 1. The first-order valence-corrected chi connectivity index (χ1v) is 5.60. The number of hydrogen-bond donors (Lipinski definition) is 0. The van der Waals surface area contributed by atoms with Crippen molar-refractivity contribution in [2.75, 3.05) is 18.0 Å². The third-order valence-electron chi connectivity index (χ3n) is 3.10. The van der Waals surface area contributed by atoms with E-state index in [1.165, 1.54) is 6.07 Å². The van der Waals surface area contributed by atoms with Crippen molar-refractivity contribution in [2.45, 2.75) is 12.8 Å². The minimum absolute atomic E-state index is 0.0917. The van der Waals surface area contributed by atoms with E-state index in [4.69, 9.17) is 5.26 Å². The number of rotatable bonds is 2. The Morgan fingerprint density at radius 1 is 1.35 bits per heavy atom. The molecule has 1 heterocycles. The molecule has 1 aromatic rings. The monoisotopic (exact) mass is 231 g/mol. The highest BCUT2D eigenvalue weighted by Gasteiger charge is 2.23. The topological polar surface area (TPSA) is 70.2 Å². The number of nitriles is 1. The van der Waals surface area contributed by atoms with Crippen LogP contribution in [0.4, 0.5) is 11.4 Å². The second-order valence-corrected chi connectivity index (χ2v) is 4.14. The first kappa shape index (κ1) is 11.4. The summed E-state index contributed by atoms with van der Waals surface area (Å²) in [6.07, 6.45) is 1.56. The standard InChI is InChI=1S/C12H13N3O2/c13-9-10-5-7-14(8-6-10)11-3-1-2-4-12(11)15(16)17/h1-4,10H,5-8H2. The number of nitrogens with zero attached hydrogens (tertiary/aromatic N) is 3. The van der Waals surface area contributed by atoms with Gasteiger partial charge in [0, 0.05) is 25.1 Å². The van der Waals surface area contributed by atoms with Crippen LogP contribution in [0.1, 0.15) is 12.8 Å². The van der Waals surface area contributed by atoms with Crippen molar-refractivity contribution >= 4 is 11.4 Å². The predicted octanol–water partition coefficient (Wildman–Crippen LogP) is 2.33. The second kappa shape index (κ2) is 4.83. The molecule has 17 heavy (non-hydrogen) atoms. The number of hydrogen-bond acceptors (Lipinski definition) is 4. The molecule has 0 aromatic heterocycles. The van der Waals surface area contributed by atoms with Crippen LogP contribution in [0.5, 0.6) is 0 Å². The van der Waals surface area contributed by atoms with Crippen LogP contribution in [0.25, 0.3) is 0 Å². The van der Waals surface area contributed by atoms with Gasteiger partial charge in [-0.1, -0.05) is 12.1 Å². The Morgan fingerprint density at radius 3 is 2.59 bits per heavy atom. The summed E-state index contributed by atoms with van der Waals surface area (Å²) in [5, 5.41) is 19.7. The van der Waals surface area contributed by atoms with Crippen molar-refractivity contribution in [2.24, 2.45) is 5.92 Å². The number of para-hydroxylation sites is 2. The Labute approximate surface area is 99.4 Å². The zero-order valence-electron chi connectivity index (χ0n) is 9.37. The molecule has 0 saturated carbocycles. The van der Waals surface area contributed by atoms with Crippen molar-refractivity contribution in [3.05, 3.63) is 34.4 Å². The van der Waals surface area contributed by atoms with Crippen LogP contribution in [0.15, 0.2) is 24.3 Å². The Hall–Kier alpha value is -2.09. The highest BCUT2D eigenvalue weighted by molar-refractivity contribution is 5.63. The van der Waals surface area contributed by atoms with Gasteiger partial charge >= 0.3 is 0 Å². The van der Waals surface area contributed by atoms with Gasteiger partial charge in [0.2, 0.25) is 0 Å². The highest BCUT2D eigenvalue weighted by atomic mass is 16.6. The van der Waals surface area contributed by atoms with Crippen LogP contribution in [0, 0.1) is 27.4 Å². The van der Waals surface area contributed by atoms with Crippen molar-refractivity contribution in [3.63, 3.8) is 0 Å². The van der Waals surface area contributed by atoms with Crippen molar-refractivity contribution in [1.82, 2.24) is 0 Å². The molecule has 88 valence electrons. The van der Waals surface area contributed by atoms with Crippen LogP contribution < -0.4 is 4.90 Å². The van der Waals surface area contributed by atoms with Gasteiger partial charge in [0.1, 0.15) is 5.69 Å². The lowest BCUT2D eigenvalue weighted by Gasteiger charge is -2.30. The van der Waals surface area contributed by atoms with E-state index in [0.29, 0.717) is 18.8 Å². The van der Waals surface area contributed by atoms with E-state index in [1.807, 2.05) is 4.90 Å². The lowest BCUT2D eigenvalue weighted by molar-refractivity contribution is -0.384. The molecule has 5 nitrogen and oxygen atoms in total. The summed E-state index contributed by atoms with van der Waals surface area (Å²) in [7, 11) is 0. The molecule has 1 saturated heterocycles. The molecule has 0 aliphatic carbocycles. The van der Waals surface area contributed by atoms with Gasteiger partial charge in [-0.2, -0.15) is 5.26 Å². The lowest BCUT2D eigenvalue weighted by atomic mass is 9.98. The molecule has 1 aromatic carbocycles. The largest absolute Gasteiger partial charge is 0.366 e. The second-order valence-electron chi connectivity index (χ2n) is 4.14. The zero-order chi connectivity index (χ0) is 12.3. The van der Waals surface area contributed by atoms with Crippen LogP contribution in [-0.4, -0.2) is 18.0 Å². The van der Waals surface area contributed by atoms with Crippen molar-refractivity contribution < 1.29 is 4.92 Å². The quantitative estimate of drug-likeness (QED) is 0.578. The van der Waals surface area contributed by atoms with Gasteiger partial charge in [0.05, 0.1) is 11.0 Å². The fraction of sp³-hybridized carbons (Fsp3) is 0.417. The molecular formula is C12H13N3O2. The van der Waals surface area contributed by atoms with Crippen LogP contribution in [0.2, 0.25) is 0 Å². The molecule has 0 atom stereocenters. The lowest BCUT2D eigenvalue weighted by Crippen LogP contribution is -2.33. The van der Waals surface area contributed by atoms with E-state index in [1.54, 1.807) is 18.2 Å². The van der Waals surface area contributed by atoms with E-state index in [9.17, 15) is 10.1 Å². The van der Waals surface area contributed by atoms with Crippen LogP contribution >= 0.6 is 0 Å². The highest BCUT2D eigenvalue weighted by Crippen LogP contribution is 2.30. The van der Waals surface area contributed by atoms with Crippen molar-refractivity contribution in [1.29, 1.82) is 5.26 Å². The molecule has 1 fully saturated rings. The maximum absolute atomic E-state index is 10.9. The first-order chi connectivity index (χ1) is 8.22. The van der Waals surface area contributed by atoms with Gasteiger partial charge in [0.15, 0.2) is 0 Å². The molecule has 0 unspecified atom stereocenters. The fourth-order valence-corrected chi connectivity index (χ4v) is 2.14. The van der Waals surface area contributed by atoms with Crippen LogP contribution in [0.3, 0.4) is 0 Å². The van der Waals surface area contributed by atoms with E-state index in [-0.39, 0.29) is 16.5 Å². The van der Waals surface area contributed by atoms with Gasteiger partial charge in [0.25, 0.3) is 5.69 Å². The normalized spacial score (nSPS) is 16.5. The summed E-state index contributed by atoms with van der Waals surface area (Å²) in [5.41, 5.74) is 0.803. The smallest absolute Gasteiger partial charge is 0.292 e. The van der Waals surface area contributed by atoms with Crippen molar-refractivity contribution in [3.8, 4) is 6.07 Å². The average molecular weight is 231 g/mol. The van der Waals surface area contributed by atoms with Gasteiger partial charge in [-0.15, -0.1) is 0 Å². The minimum atomic E-state index is -0.355. The van der Waals surface area contributed by atoms with Gasteiger partial charge < -0.3 is 4.90 Å². The molecule has 0 bridgehead atoms. The Balaban J connectivity index is 2.19. The van der Waals surface area contributed by atoms with Gasteiger partial charge in [-0.05, 0) is 18.9 Å². The molecule has 5 heteroatoms. The summed E-state index contributed by atoms with van der Waals surface area (Å²) < 4.78 is 0. The Morgan fingerprint density at radius 2 is 2.00 bits per heavy atom. The first-order valence-electron chi connectivity index (χ1n) is 5.60. The fourth-order valence-electron chi connectivity index (χ4n) is 2.14. The minimum Gasteiger partial charge on any atom is -0.366 e. The molecule has 0 radical (unpaired) electrons. The van der Waals surface area contributed by atoms with E-state index in [2.05, 4.69) is 6.07 Å². The Bertz CT molecular complexity index is 459. The van der Waals surface area contributed by atoms with Crippen LogP contribution in [-0.2, 0) is 0 Å². The molecule has 1 aliphatic rings. The molecule has 1 aliphatic heterocycles. The van der Waals surface area contributed by atoms with Gasteiger partial charge in [-0.25, -0.2) is 0 Å². The summed E-state index contributed by atoms with van der Waals surface area (Å²) in [5.74, 6) is 0.0917. The summed E-state index contributed by atoms with van der Waals surface area (Å²) >= 11 is 0. The van der Waals surface area contributed by atoms with E-state index >= 15 is 0 Å². The van der Waals surface area contributed by atoms with Gasteiger partial charge in [-0.3, -0.25) is 10.1 Å².